The molecule has 2 amide bonds. The van der Waals surface area contributed by atoms with Gasteiger partial charge in [0.05, 0.1) is 17.4 Å². The number of methoxy groups -OCH3 is 1. The van der Waals surface area contributed by atoms with Crippen LogP contribution < -0.4 is 15.0 Å². The van der Waals surface area contributed by atoms with Gasteiger partial charge in [0, 0.05) is 23.5 Å². The lowest BCUT2D eigenvalue weighted by atomic mass is 9.93. The van der Waals surface area contributed by atoms with E-state index in [1.807, 2.05) is 64.9 Å². The topological polar surface area (TPSA) is 58.6 Å². The van der Waals surface area contributed by atoms with Gasteiger partial charge in [-0.15, -0.1) is 11.3 Å². The summed E-state index contributed by atoms with van der Waals surface area (Å²) in [6, 6.07) is 17.3. The van der Waals surface area contributed by atoms with Gasteiger partial charge in [0.2, 0.25) is 5.91 Å². The Labute approximate surface area is 179 Å². The third kappa shape index (κ3) is 3.08. The van der Waals surface area contributed by atoms with Crippen LogP contribution in [-0.2, 0) is 16.6 Å². The highest BCUT2D eigenvalue weighted by Crippen LogP contribution is 2.52. The van der Waals surface area contributed by atoms with Crippen molar-refractivity contribution in [2.45, 2.75) is 24.7 Å². The Balaban J connectivity index is 1.40. The van der Waals surface area contributed by atoms with Gasteiger partial charge >= 0.3 is 0 Å². The first-order valence-corrected chi connectivity index (χ1v) is 10.9. The van der Waals surface area contributed by atoms with Crippen molar-refractivity contribution in [2.75, 3.05) is 23.9 Å². The van der Waals surface area contributed by atoms with Gasteiger partial charge < -0.3 is 15.0 Å². The van der Waals surface area contributed by atoms with Crippen LogP contribution in [0, 0.1) is 0 Å². The summed E-state index contributed by atoms with van der Waals surface area (Å²) in [5, 5.41) is 5.00. The van der Waals surface area contributed by atoms with Crippen molar-refractivity contribution in [3.63, 3.8) is 0 Å². The molecule has 1 saturated carbocycles. The van der Waals surface area contributed by atoms with Gasteiger partial charge in [-0.25, -0.2) is 0 Å². The summed E-state index contributed by atoms with van der Waals surface area (Å²) in [5.74, 6) is 0.729. The number of nitrogens with zero attached hydrogens (tertiary/aromatic N) is 1. The van der Waals surface area contributed by atoms with Gasteiger partial charge in [0.1, 0.15) is 5.75 Å². The third-order valence-corrected chi connectivity index (χ3v) is 6.88. The first-order valence-electron chi connectivity index (χ1n) is 10.1. The van der Waals surface area contributed by atoms with E-state index in [9.17, 15) is 9.59 Å². The van der Waals surface area contributed by atoms with E-state index in [1.165, 1.54) is 11.3 Å². The van der Waals surface area contributed by atoms with E-state index in [1.54, 1.807) is 7.11 Å². The number of para-hydroxylation sites is 1. The van der Waals surface area contributed by atoms with E-state index in [2.05, 4.69) is 5.32 Å². The molecule has 1 aromatic heterocycles. The Morgan fingerprint density at radius 3 is 2.67 bits per heavy atom. The standard InChI is InChI=1S/C24H22N2O3S/c1-29-20-6-3-2-5-18(20)24(11-12-24)23(28)25-17-9-8-16-10-13-26(19(16)15-17)22(27)21-7-4-14-30-21/h2-9,14-15H,10-13H2,1H3,(H,25,28). The maximum atomic E-state index is 13.2. The Morgan fingerprint density at radius 1 is 1.10 bits per heavy atom. The molecule has 0 bridgehead atoms. The number of anilines is 2. The molecule has 1 aliphatic carbocycles. The zero-order chi connectivity index (χ0) is 20.7. The summed E-state index contributed by atoms with van der Waals surface area (Å²) >= 11 is 1.45. The molecule has 0 radical (unpaired) electrons. The van der Waals surface area contributed by atoms with Crippen LogP contribution in [0.25, 0.3) is 0 Å². The fraction of sp³-hybridized carbons (Fsp3) is 0.250. The van der Waals surface area contributed by atoms with E-state index in [0.29, 0.717) is 12.2 Å². The van der Waals surface area contributed by atoms with Crippen LogP contribution in [0.3, 0.4) is 0 Å². The lowest BCUT2D eigenvalue weighted by Crippen LogP contribution is -2.29. The van der Waals surface area contributed by atoms with Crippen molar-refractivity contribution < 1.29 is 14.3 Å². The van der Waals surface area contributed by atoms with Crippen LogP contribution >= 0.6 is 11.3 Å². The highest BCUT2D eigenvalue weighted by Gasteiger charge is 2.52. The summed E-state index contributed by atoms with van der Waals surface area (Å²) < 4.78 is 5.49. The van der Waals surface area contributed by atoms with Crippen molar-refractivity contribution in [1.82, 2.24) is 0 Å². The quantitative estimate of drug-likeness (QED) is 0.657. The summed E-state index contributed by atoms with van der Waals surface area (Å²) in [7, 11) is 1.63. The Bertz CT molecular complexity index is 1120. The number of carbonyl (C=O) groups is 2. The predicted octanol–water partition coefficient (Wildman–Crippen LogP) is 4.63. The molecule has 6 heteroatoms. The highest BCUT2D eigenvalue weighted by molar-refractivity contribution is 7.12. The van der Waals surface area contributed by atoms with E-state index >= 15 is 0 Å². The molecule has 3 aromatic rings. The number of ether oxygens (including phenoxy) is 1. The number of fused-ring (bicyclic) bond motifs is 1. The lowest BCUT2D eigenvalue weighted by molar-refractivity contribution is -0.118. The fourth-order valence-corrected chi connectivity index (χ4v) is 4.91. The predicted molar refractivity (Wildman–Crippen MR) is 119 cm³/mol. The van der Waals surface area contributed by atoms with Crippen molar-refractivity contribution in [3.8, 4) is 5.75 Å². The first-order chi connectivity index (χ1) is 14.6. The van der Waals surface area contributed by atoms with Crippen LogP contribution in [-0.4, -0.2) is 25.5 Å². The van der Waals surface area contributed by atoms with Gasteiger partial charge in [-0.3, -0.25) is 9.59 Å². The van der Waals surface area contributed by atoms with Crippen molar-refractivity contribution in [3.05, 3.63) is 76.0 Å². The highest BCUT2D eigenvalue weighted by atomic mass is 32.1. The van der Waals surface area contributed by atoms with Crippen LogP contribution in [0.1, 0.15) is 33.6 Å². The number of hydrogen-bond acceptors (Lipinski definition) is 4. The lowest BCUT2D eigenvalue weighted by Gasteiger charge is -2.20. The molecule has 0 atom stereocenters. The van der Waals surface area contributed by atoms with E-state index in [0.717, 1.165) is 46.7 Å². The van der Waals surface area contributed by atoms with E-state index < -0.39 is 5.41 Å². The van der Waals surface area contributed by atoms with Crippen LogP contribution in [0.15, 0.2) is 60.0 Å². The number of benzene rings is 2. The molecule has 0 spiro atoms. The first kappa shape index (κ1) is 18.9. The van der Waals surface area contributed by atoms with Gasteiger partial charge in [0.25, 0.3) is 5.91 Å². The number of amides is 2. The zero-order valence-corrected chi connectivity index (χ0v) is 17.5. The minimum atomic E-state index is -0.544. The molecule has 0 saturated heterocycles. The number of nitrogens with one attached hydrogen (secondary N) is 1. The van der Waals surface area contributed by atoms with Gasteiger partial charge in [-0.1, -0.05) is 30.3 Å². The van der Waals surface area contributed by atoms with Crippen molar-refractivity contribution >= 4 is 34.5 Å². The van der Waals surface area contributed by atoms with Crippen molar-refractivity contribution in [1.29, 1.82) is 0 Å². The second-order valence-corrected chi connectivity index (χ2v) is 8.71. The summed E-state index contributed by atoms with van der Waals surface area (Å²) in [6.07, 6.45) is 2.42. The molecule has 5 rings (SSSR count). The average Bonchev–Trinajstić information content (AvgIpc) is 3.20. The molecule has 2 aliphatic rings. The zero-order valence-electron chi connectivity index (χ0n) is 16.7. The monoisotopic (exact) mass is 418 g/mol. The van der Waals surface area contributed by atoms with E-state index in [4.69, 9.17) is 4.74 Å². The van der Waals surface area contributed by atoms with Gasteiger partial charge in [0.15, 0.2) is 0 Å². The Morgan fingerprint density at radius 2 is 1.93 bits per heavy atom. The van der Waals surface area contributed by atoms with Crippen LogP contribution in [0.4, 0.5) is 11.4 Å². The average molecular weight is 419 g/mol. The minimum Gasteiger partial charge on any atom is -0.496 e. The Hall–Kier alpha value is -3.12. The molecule has 0 unspecified atom stereocenters. The minimum absolute atomic E-state index is 0.0138. The molecule has 152 valence electrons. The summed E-state index contributed by atoms with van der Waals surface area (Å²) in [5.41, 5.74) is 3.11. The number of carbonyl (C=O) groups excluding carboxylic acids is 2. The molecule has 30 heavy (non-hydrogen) atoms. The van der Waals surface area contributed by atoms with Crippen LogP contribution in [0.2, 0.25) is 0 Å². The number of thiophene rings is 1. The largest absolute Gasteiger partial charge is 0.496 e. The molecule has 2 heterocycles. The summed E-state index contributed by atoms with van der Waals surface area (Å²) in [4.78, 5) is 28.6. The molecular weight excluding hydrogens is 396 g/mol. The SMILES string of the molecule is COc1ccccc1C1(C(=O)Nc2ccc3c(c2)N(C(=O)c2cccs2)CC3)CC1. The molecule has 1 aliphatic heterocycles. The maximum absolute atomic E-state index is 13.2. The normalized spacial score (nSPS) is 16.1. The smallest absolute Gasteiger partial charge is 0.268 e. The number of rotatable bonds is 5. The molecule has 2 aromatic carbocycles. The summed E-state index contributed by atoms with van der Waals surface area (Å²) in [6.45, 7) is 0.661. The van der Waals surface area contributed by atoms with E-state index in [-0.39, 0.29) is 11.8 Å². The number of hydrogen-bond donors (Lipinski definition) is 1. The maximum Gasteiger partial charge on any atom is 0.268 e. The van der Waals surface area contributed by atoms with Crippen molar-refractivity contribution in [2.24, 2.45) is 0 Å². The molecular formula is C24H22N2O3S. The fourth-order valence-electron chi connectivity index (χ4n) is 4.24. The molecule has 1 fully saturated rings. The van der Waals surface area contributed by atoms with Crippen LogP contribution in [0.5, 0.6) is 5.75 Å². The molecule has 5 nitrogen and oxygen atoms in total. The second kappa shape index (κ2) is 7.29. The van der Waals surface area contributed by atoms with Gasteiger partial charge in [-0.05, 0) is 54.5 Å². The molecule has 1 N–H and O–H groups in total. The second-order valence-electron chi connectivity index (χ2n) is 7.76. The third-order valence-electron chi connectivity index (χ3n) is 6.02. The van der Waals surface area contributed by atoms with Gasteiger partial charge in [-0.2, -0.15) is 0 Å². The Kier molecular flexibility index (Phi) is 4.59.